The first-order chi connectivity index (χ1) is 13.4. The van der Waals surface area contributed by atoms with Gasteiger partial charge in [-0.3, -0.25) is 4.79 Å². The molecule has 0 N–H and O–H groups in total. The third-order valence-electron chi connectivity index (χ3n) is 4.55. The molecule has 0 saturated heterocycles. The van der Waals surface area contributed by atoms with Gasteiger partial charge in [0, 0.05) is 24.4 Å². The molecule has 0 bridgehead atoms. The lowest BCUT2D eigenvalue weighted by molar-refractivity contribution is -0.189. The Hall–Kier alpha value is -2.26. The molecule has 2 aromatic rings. The number of amides is 1. The van der Waals surface area contributed by atoms with Crippen molar-refractivity contribution in [3.8, 4) is 5.75 Å². The highest BCUT2D eigenvalue weighted by atomic mass is 35.5. The number of fused-ring (bicyclic) bond motifs is 1. The maximum absolute atomic E-state index is 13.1. The lowest BCUT2D eigenvalue weighted by Gasteiger charge is -2.22. The molecule has 0 saturated carbocycles. The van der Waals surface area contributed by atoms with Crippen molar-refractivity contribution in [3.63, 3.8) is 0 Å². The number of hydrogen-bond acceptors (Lipinski definition) is 4. The van der Waals surface area contributed by atoms with E-state index in [1.54, 1.807) is 18.2 Å². The van der Waals surface area contributed by atoms with Crippen LogP contribution < -0.4 is 4.74 Å². The van der Waals surface area contributed by atoms with Gasteiger partial charge in [0.1, 0.15) is 5.75 Å². The molecule has 1 aliphatic rings. The van der Waals surface area contributed by atoms with Gasteiger partial charge in [0.05, 0.1) is 10.5 Å². The molecule has 29 heavy (non-hydrogen) atoms. The molecule has 1 atom stereocenters. The Morgan fingerprint density at radius 2 is 1.79 bits per heavy atom. The quantitative estimate of drug-likeness (QED) is 0.703. The number of nitrogens with zero attached hydrogens (tertiary/aromatic N) is 1. The topological polar surface area (TPSA) is 63.7 Å². The first kappa shape index (κ1) is 21.4. The Morgan fingerprint density at radius 1 is 1.14 bits per heavy atom. The number of carbonyl (C=O) groups is 1. The van der Waals surface area contributed by atoms with E-state index in [-0.39, 0.29) is 29.3 Å². The second kappa shape index (κ2) is 7.53. The summed E-state index contributed by atoms with van der Waals surface area (Å²) in [7, 11) is -3.68. The van der Waals surface area contributed by atoms with Gasteiger partial charge in [-0.1, -0.05) is 17.7 Å². The fraction of sp³-hybridized carbons (Fsp3) is 0.316. The van der Waals surface area contributed by atoms with Crippen molar-refractivity contribution in [3.05, 3.63) is 58.1 Å². The van der Waals surface area contributed by atoms with Crippen molar-refractivity contribution in [2.24, 2.45) is 0 Å². The number of hydrogen-bond donors (Lipinski definition) is 0. The van der Waals surface area contributed by atoms with Gasteiger partial charge in [-0.05, 0) is 48.4 Å². The van der Waals surface area contributed by atoms with E-state index < -0.39 is 28.0 Å². The van der Waals surface area contributed by atoms with E-state index in [2.05, 4.69) is 0 Å². The Bertz CT molecular complexity index is 1070. The van der Waals surface area contributed by atoms with Crippen molar-refractivity contribution < 1.29 is 31.1 Å². The van der Waals surface area contributed by atoms with Gasteiger partial charge < -0.3 is 9.64 Å². The highest BCUT2D eigenvalue weighted by Gasteiger charge is 2.39. The fourth-order valence-electron chi connectivity index (χ4n) is 2.94. The van der Waals surface area contributed by atoms with Crippen molar-refractivity contribution in [1.29, 1.82) is 0 Å². The predicted molar refractivity (Wildman–Crippen MR) is 101 cm³/mol. The minimum Gasteiger partial charge on any atom is -0.480 e. The van der Waals surface area contributed by atoms with Crippen molar-refractivity contribution >= 4 is 27.3 Å². The maximum atomic E-state index is 13.1. The van der Waals surface area contributed by atoms with E-state index in [1.165, 1.54) is 4.90 Å². The number of halogens is 4. The fourth-order valence-corrected chi connectivity index (χ4v) is 3.79. The number of carbonyl (C=O) groups excluding carboxylic acids is 1. The van der Waals surface area contributed by atoms with Crippen LogP contribution in [0.3, 0.4) is 0 Å². The third kappa shape index (κ3) is 4.67. The summed E-state index contributed by atoms with van der Waals surface area (Å²) in [6.45, 7) is 1.24. The van der Waals surface area contributed by atoms with Gasteiger partial charge in [0.25, 0.3) is 5.91 Å². The van der Waals surface area contributed by atoms with E-state index in [0.29, 0.717) is 5.02 Å². The first-order valence-corrected chi connectivity index (χ1v) is 10.8. The normalized spacial score (nSPS) is 15.2. The Labute approximate surface area is 170 Å². The molecule has 10 heteroatoms. The number of alkyl halides is 3. The zero-order valence-corrected chi connectivity index (χ0v) is 17.0. The van der Waals surface area contributed by atoms with Crippen LogP contribution in [0.25, 0.3) is 0 Å². The molecule has 0 radical (unpaired) electrons. The van der Waals surface area contributed by atoms with Crippen LogP contribution in [0.2, 0.25) is 5.02 Å². The number of benzene rings is 2. The molecule has 2 aromatic carbocycles. The van der Waals surface area contributed by atoms with E-state index in [4.69, 9.17) is 16.3 Å². The highest BCUT2D eigenvalue weighted by Crippen LogP contribution is 2.32. The molecule has 0 aliphatic carbocycles. The van der Waals surface area contributed by atoms with Gasteiger partial charge in [-0.25, -0.2) is 8.42 Å². The maximum Gasteiger partial charge on any atom is 0.425 e. The molecule has 0 spiro atoms. The molecule has 1 amide bonds. The predicted octanol–water partition coefficient (Wildman–Crippen LogP) is 4.23. The lowest BCUT2D eigenvalue weighted by atomic mass is 10.1. The van der Waals surface area contributed by atoms with Gasteiger partial charge >= 0.3 is 6.18 Å². The zero-order valence-electron chi connectivity index (χ0n) is 15.5. The van der Waals surface area contributed by atoms with Gasteiger partial charge in [-0.15, -0.1) is 0 Å². The summed E-state index contributed by atoms with van der Waals surface area (Å²) >= 11 is 5.97. The van der Waals surface area contributed by atoms with Crippen LogP contribution in [-0.2, 0) is 22.9 Å². The Balaban J connectivity index is 1.98. The van der Waals surface area contributed by atoms with E-state index in [9.17, 15) is 26.4 Å². The van der Waals surface area contributed by atoms with E-state index in [1.807, 2.05) is 0 Å². The minimum atomic E-state index is -4.64. The van der Waals surface area contributed by atoms with Crippen molar-refractivity contribution in [2.75, 3.05) is 6.26 Å². The lowest BCUT2D eigenvalue weighted by Crippen LogP contribution is -2.32. The van der Waals surface area contributed by atoms with Crippen LogP contribution in [0, 0.1) is 0 Å². The SMILES string of the molecule is C[C@H](Oc1ccc(S(C)(=O)=O)cc1C(=O)N1Cc2ccc(Cl)cc2C1)C(F)(F)F. The molecule has 1 heterocycles. The van der Waals surface area contributed by atoms with Gasteiger partial charge in [-0.2, -0.15) is 13.2 Å². The summed E-state index contributed by atoms with van der Waals surface area (Å²) in [6.07, 6.45) is -5.87. The third-order valence-corrected chi connectivity index (χ3v) is 5.90. The first-order valence-electron chi connectivity index (χ1n) is 8.50. The second-order valence-corrected chi connectivity index (χ2v) is 9.26. The van der Waals surface area contributed by atoms with Crippen LogP contribution >= 0.6 is 11.6 Å². The molecule has 1 aliphatic heterocycles. The molecule has 0 fully saturated rings. The molecular formula is C19H17ClF3NO4S. The van der Waals surface area contributed by atoms with Crippen LogP contribution in [-0.4, -0.2) is 37.8 Å². The molecule has 0 unspecified atom stereocenters. The highest BCUT2D eigenvalue weighted by molar-refractivity contribution is 7.90. The molecule has 156 valence electrons. The summed E-state index contributed by atoms with van der Waals surface area (Å²) in [5, 5.41) is 0.500. The van der Waals surface area contributed by atoms with Crippen LogP contribution in [0.15, 0.2) is 41.3 Å². The largest absolute Gasteiger partial charge is 0.480 e. The number of rotatable bonds is 4. The monoisotopic (exact) mass is 447 g/mol. The molecule has 3 rings (SSSR count). The average molecular weight is 448 g/mol. The smallest absolute Gasteiger partial charge is 0.425 e. The summed E-state index contributed by atoms with van der Waals surface area (Å²) in [5.74, 6) is -0.964. The van der Waals surface area contributed by atoms with Crippen LogP contribution in [0.4, 0.5) is 13.2 Å². The van der Waals surface area contributed by atoms with Crippen LogP contribution in [0.1, 0.15) is 28.4 Å². The minimum absolute atomic E-state index is 0.187. The Morgan fingerprint density at radius 3 is 2.41 bits per heavy atom. The van der Waals surface area contributed by atoms with E-state index >= 15 is 0 Å². The number of sulfone groups is 1. The van der Waals surface area contributed by atoms with Crippen LogP contribution in [0.5, 0.6) is 5.75 Å². The zero-order chi connectivity index (χ0) is 21.6. The summed E-state index contributed by atoms with van der Waals surface area (Å²) in [4.78, 5) is 14.3. The summed E-state index contributed by atoms with van der Waals surface area (Å²) in [5.41, 5.74) is 1.42. The Kier molecular flexibility index (Phi) is 5.57. The van der Waals surface area contributed by atoms with E-state index in [0.717, 1.165) is 42.5 Å². The van der Waals surface area contributed by atoms with Crippen molar-refractivity contribution in [1.82, 2.24) is 4.90 Å². The van der Waals surface area contributed by atoms with Crippen molar-refractivity contribution in [2.45, 2.75) is 37.2 Å². The summed E-state index contributed by atoms with van der Waals surface area (Å²) in [6, 6.07) is 8.39. The molecular weight excluding hydrogens is 431 g/mol. The molecule has 5 nitrogen and oxygen atoms in total. The standard InChI is InChI=1S/C19H17ClF3NO4S/c1-11(19(21,22)23)28-17-6-5-15(29(2,26)27)8-16(17)18(25)24-9-12-3-4-14(20)7-13(12)10-24/h3-8,11H,9-10H2,1-2H3/t11-/m0/s1. The number of ether oxygens (including phenoxy) is 1. The molecule has 0 aromatic heterocycles. The van der Waals surface area contributed by atoms with Gasteiger partial charge in [0.15, 0.2) is 15.9 Å². The second-order valence-electron chi connectivity index (χ2n) is 6.81. The summed E-state index contributed by atoms with van der Waals surface area (Å²) < 4.78 is 67.5. The average Bonchev–Trinajstić information content (AvgIpc) is 3.02. The van der Waals surface area contributed by atoms with Gasteiger partial charge in [0.2, 0.25) is 0 Å².